The Morgan fingerprint density at radius 3 is 0.921 bits per heavy atom. The van der Waals surface area contributed by atoms with E-state index in [9.17, 15) is 10.5 Å². The molecule has 0 bridgehead atoms. The topological polar surface area (TPSA) is 56.3 Å². The van der Waals surface area contributed by atoms with Crippen molar-refractivity contribution >= 4 is 76.0 Å². The molecule has 0 atom stereocenters. The second kappa shape index (κ2) is 15.6. The molecule has 76 heavy (non-hydrogen) atoms. The van der Waals surface area contributed by atoms with Crippen LogP contribution >= 0.6 is 0 Å². The van der Waals surface area contributed by atoms with Gasteiger partial charge in [0.05, 0.1) is 25.3 Å². The number of nitrogens with zero attached hydrogens (tertiary/aromatic N) is 4. The van der Waals surface area contributed by atoms with Gasteiger partial charge in [0.2, 0.25) is 0 Å². The normalized spacial score (nSPS) is 11.9. The molecular formula is C72H40N4. The van der Waals surface area contributed by atoms with Gasteiger partial charge in [0.1, 0.15) is 0 Å². The van der Waals surface area contributed by atoms with Crippen LogP contribution in [0.2, 0.25) is 0 Å². The summed E-state index contributed by atoms with van der Waals surface area (Å²) in [5.74, 6) is 0. The first-order valence-electron chi connectivity index (χ1n) is 25.6. The molecule has 4 nitrogen and oxygen atoms in total. The maximum atomic E-state index is 10.00. The third kappa shape index (κ3) is 5.68. The van der Waals surface area contributed by atoms with Crippen molar-refractivity contribution in [2.45, 2.75) is 27.7 Å². The van der Waals surface area contributed by atoms with Gasteiger partial charge >= 0.3 is 0 Å². The monoisotopic (exact) mass is 960 g/mol. The molecular weight excluding hydrogens is 921 g/mol. The molecule has 13 aromatic carbocycles. The largest absolute Gasteiger partial charge is 0.237 e. The predicted octanol–water partition coefficient (Wildman–Crippen LogP) is 20.1. The molecule has 2 aliphatic rings. The van der Waals surface area contributed by atoms with Crippen molar-refractivity contribution in [1.29, 1.82) is 10.5 Å². The SMILES string of the molecule is [C-]#[N+]c1cc(C#N)ccc1-c1c2c(c(-c3ccc(C#N)cc3[N+]#[C-])c3ccccc13)-c1ccc3c4ccc5c6c(ccc(c7ccc-2c1c73)c64)-c1c-5c(-c2cc(C)cc(C)c2)c2ccccc2c1-c1cc(C)cc(C)c1. The quantitative estimate of drug-likeness (QED) is 0.100. The van der Waals surface area contributed by atoms with Gasteiger partial charge in [-0.3, -0.25) is 0 Å². The van der Waals surface area contributed by atoms with Gasteiger partial charge in [-0.05, 0) is 206 Å². The van der Waals surface area contributed by atoms with Crippen LogP contribution in [0.5, 0.6) is 0 Å². The zero-order chi connectivity index (χ0) is 51.4. The second-order valence-corrected chi connectivity index (χ2v) is 20.9. The van der Waals surface area contributed by atoms with Gasteiger partial charge in [0, 0.05) is 11.1 Å². The third-order valence-electron chi connectivity index (χ3n) is 16.5. The Kier molecular flexibility index (Phi) is 8.86. The lowest BCUT2D eigenvalue weighted by atomic mass is 9.81. The molecule has 4 heteroatoms. The lowest BCUT2D eigenvalue weighted by Crippen LogP contribution is -1.95. The molecule has 0 heterocycles. The Morgan fingerprint density at radius 2 is 0.605 bits per heavy atom. The molecule has 0 saturated heterocycles. The molecule has 15 rings (SSSR count). The number of hydrogen-bond donors (Lipinski definition) is 0. The molecule has 0 saturated carbocycles. The van der Waals surface area contributed by atoms with Crippen molar-refractivity contribution in [3.63, 3.8) is 0 Å². The van der Waals surface area contributed by atoms with E-state index in [0.717, 1.165) is 71.4 Å². The van der Waals surface area contributed by atoms with Crippen molar-refractivity contribution in [2.75, 3.05) is 0 Å². The zero-order valence-corrected chi connectivity index (χ0v) is 42.0. The molecule has 13 aromatic rings. The van der Waals surface area contributed by atoms with E-state index in [4.69, 9.17) is 13.1 Å². The minimum Gasteiger partial charge on any atom is -0.237 e. The first-order valence-corrected chi connectivity index (χ1v) is 25.6. The van der Waals surface area contributed by atoms with Gasteiger partial charge in [-0.25, -0.2) is 9.69 Å². The van der Waals surface area contributed by atoms with E-state index in [1.165, 1.54) is 104 Å². The molecule has 0 spiro atoms. The zero-order valence-electron chi connectivity index (χ0n) is 42.0. The second-order valence-electron chi connectivity index (χ2n) is 20.9. The van der Waals surface area contributed by atoms with Crippen LogP contribution in [0.1, 0.15) is 33.4 Å². The lowest BCUT2D eigenvalue weighted by Gasteiger charge is -2.22. The maximum Gasteiger partial charge on any atom is 0.196 e. The highest BCUT2D eigenvalue weighted by atomic mass is 14.7. The molecule has 0 amide bonds. The fourth-order valence-corrected chi connectivity index (χ4v) is 13.9. The molecule has 0 aliphatic heterocycles. The predicted molar refractivity (Wildman–Crippen MR) is 314 cm³/mol. The molecule has 0 fully saturated rings. The van der Waals surface area contributed by atoms with Crippen molar-refractivity contribution in [2.24, 2.45) is 0 Å². The third-order valence-corrected chi connectivity index (χ3v) is 16.5. The fourth-order valence-electron chi connectivity index (χ4n) is 13.9. The average Bonchev–Trinajstić information content (AvgIpc) is 4.17. The summed E-state index contributed by atoms with van der Waals surface area (Å²) in [5.41, 5.74) is 24.0. The van der Waals surface area contributed by atoms with Crippen molar-refractivity contribution in [3.05, 3.63) is 226 Å². The first-order chi connectivity index (χ1) is 37.2. The minimum absolute atomic E-state index is 0.401. The highest BCUT2D eigenvalue weighted by molar-refractivity contribution is 6.42. The maximum absolute atomic E-state index is 10.00. The Bertz CT molecular complexity index is 4730. The lowest BCUT2D eigenvalue weighted by molar-refractivity contribution is 1.38. The van der Waals surface area contributed by atoms with Crippen LogP contribution in [0.25, 0.3) is 163 Å². The summed E-state index contributed by atoms with van der Waals surface area (Å²) in [5, 5.41) is 33.9. The summed E-state index contributed by atoms with van der Waals surface area (Å²) in [4.78, 5) is 8.10. The van der Waals surface area contributed by atoms with E-state index in [0.29, 0.717) is 22.5 Å². The van der Waals surface area contributed by atoms with Crippen LogP contribution in [-0.2, 0) is 0 Å². The van der Waals surface area contributed by atoms with Crippen LogP contribution in [0.3, 0.4) is 0 Å². The molecule has 0 unspecified atom stereocenters. The Labute approximate surface area is 439 Å². The van der Waals surface area contributed by atoms with Crippen molar-refractivity contribution in [1.82, 2.24) is 0 Å². The van der Waals surface area contributed by atoms with Crippen LogP contribution in [0.4, 0.5) is 11.4 Å². The number of aryl methyl sites for hydroxylation is 4. The number of rotatable bonds is 4. The summed E-state index contributed by atoms with van der Waals surface area (Å²) in [6.07, 6.45) is 0. The molecule has 0 aromatic heterocycles. The number of benzene rings is 13. The van der Waals surface area contributed by atoms with Gasteiger partial charge in [0.25, 0.3) is 0 Å². The van der Waals surface area contributed by atoms with E-state index in [-0.39, 0.29) is 0 Å². The number of fused-ring (bicyclic) bond motifs is 10. The standard InChI is InChI=1S/C72H40N4/c1-37-27-38(2)30-43(29-37)61-45-11-7-8-12-46(45)62(44-31-39(3)28-40(4)32-44)70-56-24-20-50-52-22-26-58-68-57(25-21-51(64(52)68)49-19-23-55(69(61)70)67(56)63(49)50)71-65(53-17-15-41(35-73)33-59(53)75-5)47-13-9-10-14-48(47)66(72(58)71)54-18-16-42(36-74)34-60(54)76-6/h7-34H,1-4H3. The van der Waals surface area contributed by atoms with Crippen molar-refractivity contribution in [3.8, 4) is 101 Å². The molecule has 0 N–H and O–H groups in total. The van der Waals surface area contributed by atoms with Gasteiger partial charge < -0.3 is 0 Å². The molecule has 2 aliphatic carbocycles. The Balaban J connectivity index is 1.08. The average molecular weight is 961 g/mol. The van der Waals surface area contributed by atoms with Crippen LogP contribution in [0.15, 0.2) is 170 Å². The number of nitriles is 2. The van der Waals surface area contributed by atoms with E-state index in [1.807, 2.05) is 24.3 Å². The summed E-state index contributed by atoms with van der Waals surface area (Å²) in [7, 11) is 0. The van der Waals surface area contributed by atoms with Crippen LogP contribution in [0, 0.1) is 63.5 Å². The van der Waals surface area contributed by atoms with Gasteiger partial charge in [-0.15, -0.1) is 0 Å². The summed E-state index contributed by atoms with van der Waals surface area (Å²) < 4.78 is 0. The van der Waals surface area contributed by atoms with Crippen LogP contribution < -0.4 is 0 Å². The Hall–Kier alpha value is -10.4. The van der Waals surface area contributed by atoms with E-state index >= 15 is 0 Å². The molecule has 348 valence electrons. The van der Waals surface area contributed by atoms with E-state index in [2.05, 4.69) is 171 Å². The first kappa shape index (κ1) is 43.2. The molecule has 0 radical (unpaired) electrons. The Morgan fingerprint density at radius 1 is 0.303 bits per heavy atom. The van der Waals surface area contributed by atoms with Gasteiger partial charge in [0.15, 0.2) is 11.4 Å². The smallest absolute Gasteiger partial charge is 0.196 e. The summed E-state index contributed by atoms with van der Waals surface area (Å²) in [6.45, 7) is 25.7. The highest BCUT2D eigenvalue weighted by Gasteiger charge is 2.36. The summed E-state index contributed by atoms with van der Waals surface area (Å²) in [6, 6.07) is 65.3. The van der Waals surface area contributed by atoms with E-state index in [1.54, 1.807) is 24.3 Å². The van der Waals surface area contributed by atoms with E-state index < -0.39 is 0 Å². The minimum atomic E-state index is 0.401. The van der Waals surface area contributed by atoms with Crippen molar-refractivity contribution < 1.29 is 0 Å². The number of hydrogen-bond acceptors (Lipinski definition) is 2. The van der Waals surface area contributed by atoms with Crippen LogP contribution in [-0.4, -0.2) is 0 Å². The highest BCUT2D eigenvalue weighted by Crippen LogP contribution is 2.63. The summed E-state index contributed by atoms with van der Waals surface area (Å²) >= 11 is 0. The van der Waals surface area contributed by atoms with Gasteiger partial charge in [-0.1, -0.05) is 168 Å². The van der Waals surface area contributed by atoms with Gasteiger partial charge in [-0.2, -0.15) is 10.5 Å². The fraction of sp³-hybridized carbons (Fsp3) is 0.0556.